The van der Waals surface area contributed by atoms with Crippen molar-refractivity contribution in [2.45, 2.75) is 182 Å². The minimum absolute atomic E-state index is 0.0155. The maximum atomic E-state index is 13.4. The number of benzene rings is 2. The summed E-state index contributed by atoms with van der Waals surface area (Å²) in [6.45, 7) is 27.9. The van der Waals surface area contributed by atoms with E-state index >= 15 is 0 Å². The summed E-state index contributed by atoms with van der Waals surface area (Å²) in [5.74, 6) is 5.68. The first-order valence-corrected chi connectivity index (χ1v) is 23.9. The number of carbonyl (C=O) groups is 1. The van der Waals surface area contributed by atoms with Crippen LogP contribution in [0.4, 0.5) is 4.79 Å². The molecule has 5 aliphatic rings. The average molecular weight is 791 g/mol. The molecule has 9 unspecified atom stereocenters. The van der Waals surface area contributed by atoms with Crippen molar-refractivity contribution in [3.05, 3.63) is 82.4 Å². The summed E-state index contributed by atoms with van der Waals surface area (Å²) in [5, 5.41) is 7.12. The van der Waals surface area contributed by atoms with Gasteiger partial charge in [-0.1, -0.05) is 156 Å². The summed E-state index contributed by atoms with van der Waals surface area (Å²) in [6, 6.07) is 18.9. The lowest BCUT2D eigenvalue weighted by Gasteiger charge is -2.58. The Morgan fingerprint density at radius 2 is 1.47 bits per heavy atom. The van der Waals surface area contributed by atoms with E-state index in [4.69, 9.17) is 4.74 Å². The number of allylic oxidation sites excluding steroid dienone is 1. The van der Waals surface area contributed by atoms with Gasteiger partial charge >= 0.3 is 6.09 Å². The molecule has 0 aromatic heterocycles. The highest BCUT2D eigenvalue weighted by atomic mass is 16.6. The Morgan fingerprint density at radius 1 is 0.828 bits per heavy atom. The topological polar surface area (TPSA) is 50.4 Å². The average Bonchev–Trinajstić information content (AvgIpc) is 3.78. The molecular weight excluding hydrogens is 709 g/mol. The van der Waals surface area contributed by atoms with Gasteiger partial charge in [0, 0.05) is 24.9 Å². The molecule has 2 aromatic rings. The number of carbonyl (C=O) groups excluding carboxylic acids is 1. The van der Waals surface area contributed by atoms with E-state index in [0.29, 0.717) is 23.9 Å². The number of amides is 1. The van der Waals surface area contributed by atoms with Crippen molar-refractivity contribution >= 4 is 6.09 Å². The molecule has 10 atom stereocenters. The van der Waals surface area contributed by atoms with Crippen molar-refractivity contribution in [2.75, 3.05) is 13.1 Å². The van der Waals surface area contributed by atoms with Gasteiger partial charge in [-0.25, -0.2) is 4.79 Å². The highest BCUT2D eigenvalue weighted by molar-refractivity contribution is 5.67. The van der Waals surface area contributed by atoms with E-state index in [1.807, 2.05) is 0 Å². The van der Waals surface area contributed by atoms with Crippen molar-refractivity contribution in [3.63, 3.8) is 0 Å². The molecule has 4 nitrogen and oxygen atoms in total. The Kier molecular flexibility index (Phi) is 12.8. The van der Waals surface area contributed by atoms with Gasteiger partial charge in [0.05, 0.1) is 0 Å². The van der Waals surface area contributed by atoms with Crippen LogP contribution in [0.1, 0.15) is 181 Å². The molecule has 4 heteroatoms. The van der Waals surface area contributed by atoms with Gasteiger partial charge in [0.1, 0.15) is 6.10 Å². The van der Waals surface area contributed by atoms with Crippen molar-refractivity contribution in [1.82, 2.24) is 10.6 Å². The Morgan fingerprint density at radius 3 is 2.07 bits per heavy atom. The third-order valence-corrected chi connectivity index (χ3v) is 17.0. The zero-order valence-electron chi connectivity index (χ0n) is 38.7. The molecule has 2 N–H and O–H groups in total. The summed E-state index contributed by atoms with van der Waals surface area (Å²) in [6.07, 6.45) is 17.6. The van der Waals surface area contributed by atoms with E-state index < -0.39 is 0 Å². The number of rotatable bonds is 11. The molecule has 0 bridgehead atoms. The Balaban J connectivity index is 0.935. The largest absolute Gasteiger partial charge is 0.446 e. The number of fused-ring (bicyclic) bond motifs is 5. The molecule has 4 aliphatic carbocycles. The third-order valence-electron chi connectivity index (χ3n) is 17.0. The van der Waals surface area contributed by atoms with Crippen LogP contribution in [0, 0.1) is 52.3 Å². The standard InChI is InChI=1S/C54H82N2O2/c1-35(2)13-12-14-36(3)45-25-26-46-44-24-23-42-32-43(27-29-53(42,10)47(44)28-30-54(45,46)11)58-50(57)56-34-37-31-48(55-33-37)49(38-15-19-40(20-16-38)51(4,5)6)39-17-21-41(22-18-39)52(7,8)9/h15-23,35-37,43-49,55H,12-14,24-34H2,1-11H3,(H,56,57)/t36?,37-,43?,44?,45?,46?,47?,48?,53?,54?/m1/s1. The maximum Gasteiger partial charge on any atom is 0.407 e. The van der Waals surface area contributed by atoms with Crippen LogP contribution in [0.3, 0.4) is 0 Å². The van der Waals surface area contributed by atoms with E-state index in [2.05, 4.69) is 141 Å². The predicted octanol–water partition coefficient (Wildman–Crippen LogP) is 13.5. The number of hydrogen-bond acceptors (Lipinski definition) is 3. The van der Waals surface area contributed by atoms with Crippen LogP contribution in [0.5, 0.6) is 0 Å². The first-order valence-electron chi connectivity index (χ1n) is 23.9. The lowest BCUT2D eigenvalue weighted by molar-refractivity contribution is -0.0581. The minimum atomic E-state index is -0.230. The second kappa shape index (κ2) is 17.1. The van der Waals surface area contributed by atoms with Crippen LogP contribution in [0.15, 0.2) is 60.2 Å². The Hall–Kier alpha value is -2.59. The molecule has 58 heavy (non-hydrogen) atoms. The maximum absolute atomic E-state index is 13.4. The third kappa shape index (κ3) is 9.04. The molecule has 1 saturated heterocycles. The Labute approximate surface area is 354 Å². The summed E-state index contributed by atoms with van der Waals surface area (Å²) in [5.41, 5.74) is 8.05. The molecule has 1 amide bonds. The molecule has 0 spiro atoms. The van der Waals surface area contributed by atoms with Gasteiger partial charge < -0.3 is 15.4 Å². The van der Waals surface area contributed by atoms with E-state index in [1.165, 1.54) is 73.6 Å². The smallest absolute Gasteiger partial charge is 0.407 e. The molecule has 1 aliphatic heterocycles. The lowest BCUT2D eigenvalue weighted by Crippen LogP contribution is -2.51. The van der Waals surface area contributed by atoms with Gasteiger partial charge in [0.2, 0.25) is 0 Å². The SMILES string of the molecule is CC(C)CCCC(C)C1CCC2C3CC=C4CC(OC(=O)NC[C@H]5CNC(C(c6ccc(C(C)(C)C)cc6)c6ccc(C(C)(C)C)cc6)C5)CCC4(C)C3CCC12C. The van der Waals surface area contributed by atoms with Gasteiger partial charge in [-0.2, -0.15) is 0 Å². The van der Waals surface area contributed by atoms with Crippen molar-refractivity contribution in [2.24, 2.45) is 52.3 Å². The predicted molar refractivity (Wildman–Crippen MR) is 243 cm³/mol. The molecule has 1 heterocycles. The van der Waals surface area contributed by atoms with Gasteiger partial charge in [-0.15, -0.1) is 0 Å². The Bertz CT molecular complexity index is 1670. The fourth-order valence-corrected chi connectivity index (χ4v) is 13.5. The summed E-state index contributed by atoms with van der Waals surface area (Å²) >= 11 is 0. The van der Waals surface area contributed by atoms with Gasteiger partial charge in [-0.05, 0) is 143 Å². The minimum Gasteiger partial charge on any atom is -0.446 e. The zero-order chi connectivity index (χ0) is 41.6. The number of nitrogens with one attached hydrogen (secondary N) is 2. The molecular formula is C54H82N2O2. The molecule has 320 valence electrons. The van der Waals surface area contributed by atoms with Gasteiger partial charge in [-0.3, -0.25) is 0 Å². The highest BCUT2D eigenvalue weighted by Crippen LogP contribution is 2.67. The zero-order valence-corrected chi connectivity index (χ0v) is 38.7. The number of hydrogen-bond donors (Lipinski definition) is 2. The second-order valence-electron chi connectivity index (χ2n) is 23.3. The number of alkyl carbamates (subject to hydrolysis) is 1. The van der Waals surface area contributed by atoms with E-state index in [-0.39, 0.29) is 34.4 Å². The fraction of sp³-hybridized carbons (Fsp3) is 0.722. The molecule has 3 saturated carbocycles. The van der Waals surface area contributed by atoms with Gasteiger partial charge in [0.15, 0.2) is 0 Å². The van der Waals surface area contributed by atoms with Crippen LogP contribution < -0.4 is 10.6 Å². The van der Waals surface area contributed by atoms with Crippen molar-refractivity contribution < 1.29 is 9.53 Å². The van der Waals surface area contributed by atoms with E-state index in [9.17, 15) is 4.79 Å². The quantitative estimate of drug-likeness (QED) is 0.223. The molecule has 7 rings (SSSR count). The van der Waals surface area contributed by atoms with Crippen LogP contribution in [-0.2, 0) is 15.6 Å². The van der Waals surface area contributed by atoms with E-state index in [1.54, 1.807) is 5.57 Å². The fourth-order valence-electron chi connectivity index (χ4n) is 13.5. The highest BCUT2D eigenvalue weighted by Gasteiger charge is 2.59. The summed E-state index contributed by atoms with van der Waals surface area (Å²) in [7, 11) is 0. The van der Waals surface area contributed by atoms with Crippen LogP contribution in [-0.4, -0.2) is 31.3 Å². The summed E-state index contributed by atoms with van der Waals surface area (Å²) in [4.78, 5) is 13.4. The van der Waals surface area contributed by atoms with Crippen molar-refractivity contribution in [1.29, 1.82) is 0 Å². The normalized spacial score (nSPS) is 33.0. The summed E-state index contributed by atoms with van der Waals surface area (Å²) < 4.78 is 6.23. The number of ether oxygens (including phenoxy) is 1. The lowest BCUT2D eigenvalue weighted by atomic mass is 9.47. The van der Waals surface area contributed by atoms with Crippen molar-refractivity contribution in [3.8, 4) is 0 Å². The first kappa shape index (κ1) is 43.5. The molecule has 0 radical (unpaired) electrons. The molecule has 4 fully saturated rings. The van der Waals surface area contributed by atoms with E-state index in [0.717, 1.165) is 67.7 Å². The first-order chi connectivity index (χ1) is 27.4. The van der Waals surface area contributed by atoms with Crippen LogP contribution >= 0.6 is 0 Å². The second-order valence-corrected chi connectivity index (χ2v) is 23.3. The monoisotopic (exact) mass is 791 g/mol. The van der Waals surface area contributed by atoms with Gasteiger partial charge in [0.25, 0.3) is 0 Å². The van der Waals surface area contributed by atoms with Crippen LogP contribution in [0.2, 0.25) is 0 Å². The molecule has 2 aromatic carbocycles. The van der Waals surface area contributed by atoms with Crippen LogP contribution in [0.25, 0.3) is 0 Å².